The highest BCUT2D eigenvalue weighted by molar-refractivity contribution is 5.93. The molecule has 9 nitrogen and oxygen atoms in total. The molecule has 2 fully saturated rings. The molecule has 4 heterocycles. The van der Waals surface area contributed by atoms with Crippen molar-refractivity contribution in [3.63, 3.8) is 0 Å². The van der Waals surface area contributed by atoms with Gasteiger partial charge in [0.2, 0.25) is 0 Å². The summed E-state index contributed by atoms with van der Waals surface area (Å²) in [6.45, 7) is 8.73. The van der Waals surface area contributed by atoms with Gasteiger partial charge in [-0.25, -0.2) is 0 Å². The molecule has 1 amide bonds. The van der Waals surface area contributed by atoms with Crippen LogP contribution in [0.15, 0.2) is 30.3 Å². The number of carbonyl (C=O) groups excluding carboxylic acids is 1. The van der Waals surface area contributed by atoms with E-state index in [4.69, 9.17) is 4.74 Å². The van der Waals surface area contributed by atoms with Crippen LogP contribution in [-0.2, 0) is 13.0 Å². The molecule has 3 aliphatic rings. The van der Waals surface area contributed by atoms with Crippen LogP contribution in [0.2, 0.25) is 0 Å². The number of β-amino-alcohol motifs (C(OH)–C–C–N with tert-alkyl or cyclic N) is 1. The first kappa shape index (κ1) is 26.8. The number of carbonyl (C=O) groups is 1. The summed E-state index contributed by atoms with van der Waals surface area (Å²) in [4.78, 5) is 26.9. The molecule has 0 aliphatic carbocycles. The standard InChI is InChI=1S/C29H42N6O3/c1-3-23(4-2)38-29-32-24(17-27(33-29)31-22-9-13-30-14-10-22)28(37)35-16-12-25(26(36)19-35)34-15-11-20-7-5-6-8-21(20)18-34/h5-8,17,22-23,25-26,30,36H,3-4,9-16,18-19H2,1-2H3,(H,31,32,33)/t25-,26-/m1/s1. The van der Waals surface area contributed by atoms with E-state index in [1.54, 1.807) is 11.0 Å². The number of hydrogen-bond acceptors (Lipinski definition) is 8. The lowest BCUT2D eigenvalue weighted by Gasteiger charge is -2.43. The summed E-state index contributed by atoms with van der Waals surface area (Å²) >= 11 is 0. The topological polar surface area (TPSA) is 103 Å². The van der Waals surface area contributed by atoms with E-state index < -0.39 is 6.10 Å². The minimum absolute atomic E-state index is 0.000627. The number of benzene rings is 1. The third-order valence-corrected chi connectivity index (χ3v) is 8.26. The number of likely N-dealkylation sites (tertiary alicyclic amines) is 1. The molecule has 0 unspecified atom stereocenters. The van der Waals surface area contributed by atoms with E-state index in [1.807, 2.05) is 0 Å². The number of ether oxygens (including phenoxy) is 1. The average Bonchev–Trinajstić information content (AvgIpc) is 2.95. The van der Waals surface area contributed by atoms with Crippen LogP contribution in [-0.4, -0.2) is 87.8 Å². The monoisotopic (exact) mass is 522 g/mol. The van der Waals surface area contributed by atoms with Gasteiger partial charge in [0.1, 0.15) is 17.6 Å². The molecule has 38 heavy (non-hydrogen) atoms. The fourth-order valence-electron chi connectivity index (χ4n) is 5.93. The van der Waals surface area contributed by atoms with Crippen molar-refractivity contribution in [2.45, 2.75) is 83.2 Å². The summed E-state index contributed by atoms with van der Waals surface area (Å²) in [5, 5.41) is 18.0. The van der Waals surface area contributed by atoms with Gasteiger partial charge in [0.05, 0.1) is 6.10 Å². The first-order valence-electron chi connectivity index (χ1n) is 14.3. The number of piperidine rings is 2. The number of nitrogens with one attached hydrogen (secondary N) is 2. The van der Waals surface area contributed by atoms with Crippen molar-refractivity contribution in [3.05, 3.63) is 47.2 Å². The third-order valence-electron chi connectivity index (χ3n) is 8.26. The van der Waals surface area contributed by atoms with Gasteiger partial charge in [-0.15, -0.1) is 0 Å². The Balaban J connectivity index is 1.28. The van der Waals surface area contributed by atoms with Gasteiger partial charge in [-0.1, -0.05) is 38.1 Å². The molecule has 0 bridgehead atoms. The van der Waals surface area contributed by atoms with Gasteiger partial charge in [-0.2, -0.15) is 9.97 Å². The van der Waals surface area contributed by atoms with Crippen molar-refractivity contribution >= 4 is 11.7 Å². The Kier molecular flexibility index (Phi) is 8.76. The van der Waals surface area contributed by atoms with Crippen LogP contribution in [0.5, 0.6) is 6.01 Å². The van der Waals surface area contributed by atoms with Crippen LogP contribution in [0.25, 0.3) is 0 Å². The van der Waals surface area contributed by atoms with E-state index in [9.17, 15) is 9.90 Å². The maximum absolute atomic E-state index is 13.6. The highest BCUT2D eigenvalue weighted by Gasteiger charge is 2.36. The highest BCUT2D eigenvalue weighted by atomic mass is 16.5. The van der Waals surface area contributed by atoms with Gasteiger partial charge in [0.15, 0.2) is 0 Å². The Morgan fingerprint density at radius 2 is 1.89 bits per heavy atom. The fraction of sp³-hybridized carbons (Fsp3) is 0.621. The van der Waals surface area contributed by atoms with Crippen LogP contribution in [0.1, 0.15) is 67.6 Å². The van der Waals surface area contributed by atoms with Crippen molar-refractivity contribution in [1.29, 1.82) is 0 Å². The van der Waals surface area contributed by atoms with E-state index in [0.29, 0.717) is 30.6 Å². The predicted molar refractivity (Wildman–Crippen MR) is 147 cm³/mol. The highest BCUT2D eigenvalue weighted by Crippen LogP contribution is 2.26. The Labute approximate surface area is 226 Å². The summed E-state index contributed by atoms with van der Waals surface area (Å²) in [7, 11) is 0. The number of aliphatic hydroxyl groups excluding tert-OH is 1. The van der Waals surface area contributed by atoms with Gasteiger partial charge in [0.25, 0.3) is 5.91 Å². The third kappa shape index (κ3) is 6.27. The molecule has 2 saturated heterocycles. The molecule has 2 atom stereocenters. The van der Waals surface area contributed by atoms with Crippen molar-refractivity contribution < 1.29 is 14.6 Å². The molecule has 9 heteroatoms. The molecule has 0 saturated carbocycles. The molecule has 0 spiro atoms. The van der Waals surface area contributed by atoms with Gasteiger partial charge in [0, 0.05) is 44.3 Å². The maximum Gasteiger partial charge on any atom is 0.319 e. The lowest BCUT2D eigenvalue weighted by Crippen LogP contribution is -2.56. The maximum atomic E-state index is 13.6. The summed E-state index contributed by atoms with van der Waals surface area (Å²) < 4.78 is 6.07. The second-order valence-electron chi connectivity index (χ2n) is 10.8. The lowest BCUT2D eigenvalue weighted by atomic mass is 9.94. The molecule has 0 radical (unpaired) electrons. The summed E-state index contributed by atoms with van der Waals surface area (Å²) in [6.07, 6.45) is 4.80. The quantitative estimate of drug-likeness (QED) is 0.487. The van der Waals surface area contributed by atoms with Gasteiger partial charge in [-0.05, 0) is 62.7 Å². The number of aliphatic hydroxyl groups is 1. The first-order valence-corrected chi connectivity index (χ1v) is 14.3. The summed E-state index contributed by atoms with van der Waals surface area (Å²) in [5.41, 5.74) is 3.05. The molecule has 3 aliphatic heterocycles. The van der Waals surface area contributed by atoms with E-state index in [0.717, 1.165) is 64.7 Å². The van der Waals surface area contributed by atoms with E-state index in [2.05, 4.69) is 63.6 Å². The summed E-state index contributed by atoms with van der Waals surface area (Å²) in [6, 6.07) is 10.9. The number of aromatic nitrogens is 2. The minimum atomic E-state index is -0.604. The Morgan fingerprint density at radius 1 is 1.13 bits per heavy atom. The summed E-state index contributed by atoms with van der Waals surface area (Å²) in [5.74, 6) is 0.440. The molecule has 3 N–H and O–H groups in total. The Hall–Kier alpha value is -2.75. The zero-order valence-corrected chi connectivity index (χ0v) is 22.7. The molecule has 5 rings (SSSR count). The van der Waals surface area contributed by atoms with Gasteiger partial charge < -0.3 is 25.4 Å². The zero-order chi connectivity index (χ0) is 26.5. The van der Waals surface area contributed by atoms with Crippen molar-refractivity contribution in [2.24, 2.45) is 0 Å². The normalized spacial score (nSPS) is 22.8. The molecular formula is C29H42N6O3. The van der Waals surface area contributed by atoms with Crippen molar-refractivity contribution in [3.8, 4) is 6.01 Å². The lowest BCUT2D eigenvalue weighted by molar-refractivity contribution is -0.0139. The second-order valence-corrected chi connectivity index (χ2v) is 10.8. The van der Waals surface area contributed by atoms with Crippen LogP contribution in [0.3, 0.4) is 0 Å². The largest absolute Gasteiger partial charge is 0.460 e. The number of amides is 1. The van der Waals surface area contributed by atoms with Gasteiger partial charge >= 0.3 is 6.01 Å². The Morgan fingerprint density at radius 3 is 2.63 bits per heavy atom. The molecule has 2 aromatic rings. The number of anilines is 1. The second kappa shape index (κ2) is 12.4. The molecular weight excluding hydrogens is 480 g/mol. The molecule has 1 aromatic heterocycles. The fourth-order valence-corrected chi connectivity index (χ4v) is 5.93. The molecule has 1 aromatic carbocycles. The van der Waals surface area contributed by atoms with Crippen molar-refractivity contribution in [2.75, 3.05) is 38.0 Å². The minimum Gasteiger partial charge on any atom is -0.460 e. The van der Waals surface area contributed by atoms with E-state index in [1.165, 1.54) is 11.1 Å². The Bertz CT molecular complexity index is 1090. The van der Waals surface area contributed by atoms with Crippen LogP contribution in [0.4, 0.5) is 5.82 Å². The van der Waals surface area contributed by atoms with Crippen molar-refractivity contribution in [1.82, 2.24) is 25.1 Å². The number of fused-ring (bicyclic) bond motifs is 1. The number of nitrogens with zero attached hydrogens (tertiary/aromatic N) is 4. The SMILES string of the molecule is CCC(CC)Oc1nc(NC2CCNCC2)cc(C(=O)N2CC[C@@H](N3CCc4ccccc4C3)[C@H](O)C2)n1. The zero-order valence-electron chi connectivity index (χ0n) is 22.7. The number of rotatable bonds is 8. The van der Waals surface area contributed by atoms with E-state index >= 15 is 0 Å². The predicted octanol–water partition coefficient (Wildman–Crippen LogP) is 2.84. The van der Waals surface area contributed by atoms with Crippen LogP contribution < -0.4 is 15.4 Å². The van der Waals surface area contributed by atoms with Gasteiger partial charge in [-0.3, -0.25) is 9.69 Å². The first-order chi connectivity index (χ1) is 18.5. The van der Waals surface area contributed by atoms with E-state index in [-0.39, 0.29) is 24.1 Å². The molecule has 206 valence electrons. The smallest absolute Gasteiger partial charge is 0.319 e. The average molecular weight is 523 g/mol. The van der Waals surface area contributed by atoms with Crippen LogP contribution >= 0.6 is 0 Å². The number of hydrogen-bond donors (Lipinski definition) is 3. The van der Waals surface area contributed by atoms with Crippen LogP contribution in [0, 0.1) is 0 Å².